The largest absolute Gasteiger partial charge is 0.341 e. The highest BCUT2D eigenvalue weighted by Gasteiger charge is 2.27. The molecule has 0 saturated carbocycles. The normalized spacial score (nSPS) is 19.0. The number of carbonyl (C=O) groups excluding carboxylic acids is 2. The smallest absolute Gasteiger partial charge is 0.241 e. The van der Waals surface area contributed by atoms with Gasteiger partial charge in [0.1, 0.15) is 0 Å². The maximum Gasteiger partial charge on any atom is 0.241 e. The number of hydrogen-bond acceptors (Lipinski definition) is 4. The average molecular weight is 410 g/mol. The van der Waals surface area contributed by atoms with Gasteiger partial charge >= 0.3 is 0 Å². The zero-order valence-corrected chi connectivity index (χ0v) is 17.7. The average Bonchev–Trinajstić information content (AvgIpc) is 2.86. The highest BCUT2D eigenvalue weighted by atomic mass is 32.2. The summed E-state index contributed by atoms with van der Waals surface area (Å²) in [6, 6.07) is 5.02. The van der Waals surface area contributed by atoms with E-state index >= 15 is 0 Å². The quantitative estimate of drug-likeness (QED) is 0.724. The molecule has 156 valence electrons. The Labute approximate surface area is 167 Å². The summed E-state index contributed by atoms with van der Waals surface area (Å²) < 4.78 is 27.7. The summed E-state index contributed by atoms with van der Waals surface area (Å²) in [5.74, 6) is 0.235. The molecule has 1 aliphatic heterocycles. The first kappa shape index (κ1) is 22.4. The Morgan fingerprint density at radius 2 is 1.86 bits per heavy atom. The van der Waals surface area contributed by atoms with Crippen LogP contribution in [0, 0.1) is 5.92 Å². The SMILES string of the molecule is CCCC1CCCN(C(=O)[C@H](C)NS(=O)(=O)c2ccc(NC(C)=O)cc2)CC1. The Morgan fingerprint density at radius 3 is 2.46 bits per heavy atom. The molecule has 2 amide bonds. The predicted molar refractivity (Wildman–Crippen MR) is 109 cm³/mol. The predicted octanol–water partition coefficient (Wildman–Crippen LogP) is 2.74. The lowest BCUT2D eigenvalue weighted by molar-refractivity contribution is -0.132. The second kappa shape index (κ2) is 10.0. The number of anilines is 1. The molecule has 1 aromatic rings. The highest BCUT2D eigenvalue weighted by Crippen LogP contribution is 2.22. The molecule has 8 heteroatoms. The van der Waals surface area contributed by atoms with Crippen molar-refractivity contribution in [3.05, 3.63) is 24.3 Å². The van der Waals surface area contributed by atoms with Crippen LogP contribution in [0.3, 0.4) is 0 Å². The molecule has 1 fully saturated rings. The number of hydrogen-bond donors (Lipinski definition) is 2. The fourth-order valence-electron chi connectivity index (χ4n) is 3.63. The fraction of sp³-hybridized carbons (Fsp3) is 0.600. The summed E-state index contributed by atoms with van der Waals surface area (Å²) >= 11 is 0. The number of likely N-dealkylation sites (tertiary alicyclic amines) is 1. The zero-order chi connectivity index (χ0) is 20.7. The monoisotopic (exact) mass is 409 g/mol. The second-order valence-corrected chi connectivity index (χ2v) is 9.17. The minimum Gasteiger partial charge on any atom is -0.341 e. The van der Waals surface area contributed by atoms with Crippen molar-refractivity contribution in [1.29, 1.82) is 0 Å². The summed E-state index contributed by atoms with van der Waals surface area (Å²) in [6.07, 6.45) is 5.39. The van der Waals surface area contributed by atoms with Crippen molar-refractivity contribution >= 4 is 27.5 Å². The number of nitrogens with zero attached hydrogens (tertiary/aromatic N) is 1. The minimum atomic E-state index is -3.83. The van der Waals surface area contributed by atoms with Crippen LogP contribution in [0.15, 0.2) is 29.2 Å². The van der Waals surface area contributed by atoms with Gasteiger partial charge in [-0.2, -0.15) is 4.72 Å². The van der Waals surface area contributed by atoms with Crippen LogP contribution in [0.5, 0.6) is 0 Å². The Kier molecular flexibility index (Phi) is 8.00. The molecule has 1 aromatic carbocycles. The van der Waals surface area contributed by atoms with E-state index in [0.29, 0.717) is 24.7 Å². The van der Waals surface area contributed by atoms with Gasteiger partial charge in [0.15, 0.2) is 0 Å². The second-order valence-electron chi connectivity index (χ2n) is 7.46. The molecule has 1 saturated heterocycles. The van der Waals surface area contributed by atoms with Gasteiger partial charge in [-0.1, -0.05) is 19.8 Å². The van der Waals surface area contributed by atoms with Crippen LogP contribution in [0.4, 0.5) is 5.69 Å². The third-order valence-electron chi connectivity index (χ3n) is 5.04. The van der Waals surface area contributed by atoms with E-state index in [2.05, 4.69) is 17.0 Å². The van der Waals surface area contributed by atoms with Crippen LogP contribution >= 0.6 is 0 Å². The molecule has 0 aliphatic carbocycles. The number of nitrogens with one attached hydrogen (secondary N) is 2. The lowest BCUT2D eigenvalue weighted by Gasteiger charge is -2.25. The molecule has 2 rings (SSSR count). The molecule has 0 radical (unpaired) electrons. The van der Waals surface area contributed by atoms with E-state index in [0.717, 1.165) is 25.7 Å². The van der Waals surface area contributed by atoms with Crippen LogP contribution in [-0.2, 0) is 19.6 Å². The van der Waals surface area contributed by atoms with Gasteiger partial charge in [0, 0.05) is 25.7 Å². The lowest BCUT2D eigenvalue weighted by Crippen LogP contribution is -2.47. The number of benzene rings is 1. The number of carbonyl (C=O) groups is 2. The van der Waals surface area contributed by atoms with Gasteiger partial charge in [-0.05, 0) is 56.4 Å². The minimum absolute atomic E-state index is 0.0557. The lowest BCUT2D eigenvalue weighted by atomic mass is 9.96. The van der Waals surface area contributed by atoms with Crippen LogP contribution < -0.4 is 10.0 Å². The zero-order valence-electron chi connectivity index (χ0n) is 16.9. The molecule has 2 atom stereocenters. The van der Waals surface area contributed by atoms with Gasteiger partial charge in [0.05, 0.1) is 10.9 Å². The van der Waals surface area contributed by atoms with E-state index in [1.165, 1.54) is 37.6 Å². The summed E-state index contributed by atoms with van der Waals surface area (Å²) in [7, 11) is -3.83. The van der Waals surface area contributed by atoms with Gasteiger partial charge < -0.3 is 10.2 Å². The van der Waals surface area contributed by atoms with Crippen LogP contribution in [0.1, 0.15) is 52.9 Å². The number of sulfonamides is 1. The first-order valence-electron chi connectivity index (χ1n) is 9.91. The van der Waals surface area contributed by atoms with Crippen molar-refractivity contribution in [2.75, 3.05) is 18.4 Å². The van der Waals surface area contributed by atoms with Crippen LogP contribution in [0.25, 0.3) is 0 Å². The third-order valence-corrected chi connectivity index (χ3v) is 6.60. The summed E-state index contributed by atoms with van der Waals surface area (Å²) in [6.45, 7) is 6.50. The van der Waals surface area contributed by atoms with E-state index < -0.39 is 16.1 Å². The van der Waals surface area contributed by atoms with Crippen molar-refractivity contribution < 1.29 is 18.0 Å². The molecule has 1 unspecified atom stereocenters. The van der Waals surface area contributed by atoms with Crippen LogP contribution in [-0.4, -0.2) is 44.3 Å². The maximum atomic E-state index is 12.8. The van der Waals surface area contributed by atoms with Crippen molar-refractivity contribution in [3.8, 4) is 0 Å². The Bertz CT molecular complexity index is 777. The molecule has 1 heterocycles. The maximum absolute atomic E-state index is 12.8. The van der Waals surface area contributed by atoms with Gasteiger partial charge in [-0.15, -0.1) is 0 Å². The first-order chi connectivity index (χ1) is 13.2. The number of rotatable bonds is 7. The molecular weight excluding hydrogens is 378 g/mol. The third kappa shape index (κ3) is 6.31. The first-order valence-corrected chi connectivity index (χ1v) is 11.4. The Hall–Kier alpha value is -1.93. The van der Waals surface area contributed by atoms with Gasteiger partial charge in [-0.3, -0.25) is 9.59 Å². The summed E-state index contributed by atoms with van der Waals surface area (Å²) in [5.41, 5.74) is 0.516. The van der Waals surface area contributed by atoms with E-state index in [9.17, 15) is 18.0 Å². The molecule has 28 heavy (non-hydrogen) atoms. The molecule has 0 spiro atoms. The van der Waals surface area contributed by atoms with E-state index in [4.69, 9.17) is 0 Å². The molecular formula is C20H31N3O4S. The van der Waals surface area contributed by atoms with E-state index in [-0.39, 0.29) is 16.7 Å². The Balaban J connectivity index is 1.99. The molecule has 0 aromatic heterocycles. The van der Waals surface area contributed by atoms with Gasteiger partial charge in [-0.25, -0.2) is 8.42 Å². The number of amides is 2. The molecule has 2 N–H and O–H groups in total. The fourth-order valence-corrected chi connectivity index (χ4v) is 4.83. The highest BCUT2D eigenvalue weighted by molar-refractivity contribution is 7.89. The standard InChI is InChI=1S/C20H31N3O4S/c1-4-6-17-7-5-13-23(14-12-17)20(25)15(2)22-28(26,27)19-10-8-18(9-11-19)21-16(3)24/h8-11,15,17,22H,4-7,12-14H2,1-3H3,(H,21,24)/t15-,17?/m0/s1. The van der Waals surface area contributed by atoms with Crippen molar-refractivity contribution in [2.24, 2.45) is 5.92 Å². The van der Waals surface area contributed by atoms with Crippen LogP contribution in [0.2, 0.25) is 0 Å². The molecule has 1 aliphatic rings. The van der Waals surface area contributed by atoms with Crippen molar-refractivity contribution in [3.63, 3.8) is 0 Å². The van der Waals surface area contributed by atoms with Crippen molar-refractivity contribution in [2.45, 2.75) is 63.8 Å². The van der Waals surface area contributed by atoms with Gasteiger partial charge in [0.2, 0.25) is 21.8 Å². The van der Waals surface area contributed by atoms with Crippen molar-refractivity contribution in [1.82, 2.24) is 9.62 Å². The molecule has 7 nitrogen and oxygen atoms in total. The topological polar surface area (TPSA) is 95.6 Å². The van der Waals surface area contributed by atoms with E-state index in [1.807, 2.05) is 0 Å². The van der Waals surface area contributed by atoms with E-state index in [1.54, 1.807) is 11.8 Å². The molecule has 0 bridgehead atoms. The summed E-state index contributed by atoms with van der Waals surface area (Å²) in [4.78, 5) is 25.7. The Morgan fingerprint density at radius 1 is 1.18 bits per heavy atom. The summed E-state index contributed by atoms with van der Waals surface area (Å²) in [5, 5.41) is 2.59. The van der Waals surface area contributed by atoms with Gasteiger partial charge in [0.25, 0.3) is 0 Å².